The highest BCUT2D eigenvalue weighted by Crippen LogP contribution is 2.18. The number of nitrogens with one attached hydrogen (secondary N) is 1. The maximum atomic E-state index is 11.7. The van der Waals surface area contributed by atoms with Crippen LogP contribution in [-0.2, 0) is 21.2 Å². The van der Waals surface area contributed by atoms with E-state index >= 15 is 0 Å². The number of hydrogen-bond acceptors (Lipinski definition) is 5. The molecule has 1 aromatic heterocycles. The van der Waals surface area contributed by atoms with Crippen molar-refractivity contribution in [3.05, 3.63) is 28.7 Å². The molecule has 20 heavy (non-hydrogen) atoms. The van der Waals surface area contributed by atoms with E-state index in [0.29, 0.717) is 18.5 Å². The minimum atomic E-state index is -3.07. The van der Waals surface area contributed by atoms with Gasteiger partial charge in [-0.05, 0) is 18.9 Å². The zero-order valence-electron chi connectivity index (χ0n) is 10.9. The van der Waals surface area contributed by atoms with Crippen LogP contribution >= 0.6 is 0 Å². The quantitative estimate of drug-likeness (QED) is 0.750. The van der Waals surface area contributed by atoms with Crippen LogP contribution in [0, 0.1) is 0 Å². The third-order valence-electron chi connectivity index (χ3n) is 3.31. The molecule has 0 spiro atoms. The smallest absolute Gasteiger partial charge is 0.251 e. The molecule has 1 aliphatic rings. The number of sulfone groups is 1. The first-order valence-electron chi connectivity index (χ1n) is 6.33. The third kappa shape index (κ3) is 3.38. The fourth-order valence-corrected chi connectivity index (χ4v) is 3.96. The second kappa shape index (κ2) is 5.66. The van der Waals surface area contributed by atoms with E-state index in [1.165, 1.54) is 22.9 Å². The van der Waals surface area contributed by atoms with Gasteiger partial charge in [0.05, 0.1) is 11.0 Å². The van der Waals surface area contributed by atoms with Gasteiger partial charge >= 0.3 is 0 Å². The van der Waals surface area contributed by atoms with Gasteiger partial charge in [0.2, 0.25) is 5.91 Å². The Morgan fingerprint density at radius 2 is 2.20 bits per heavy atom. The number of amides is 1. The fourth-order valence-electron chi connectivity index (χ4n) is 2.20. The number of nitrogens with two attached hydrogens (primary N) is 1. The number of carbonyl (C=O) groups excluding carboxylic acids is 1. The molecule has 110 valence electrons. The fraction of sp³-hybridized carbons (Fsp3) is 0.500. The Bertz CT molecular complexity index is 666. The van der Waals surface area contributed by atoms with Crippen molar-refractivity contribution in [2.75, 3.05) is 18.0 Å². The van der Waals surface area contributed by atoms with Gasteiger partial charge in [-0.15, -0.1) is 0 Å². The van der Waals surface area contributed by atoms with Crippen LogP contribution in [0.4, 0.5) is 5.69 Å². The summed E-state index contributed by atoms with van der Waals surface area (Å²) in [4.78, 5) is 23.2. The van der Waals surface area contributed by atoms with E-state index in [9.17, 15) is 18.0 Å². The number of carbonyl (C=O) groups is 1. The summed E-state index contributed by atoms with van der Waals surface area (Å²) in [5.41, 5.74) is 5.60. The average Bonchev–Trinajstić information content (AvgIpc) is 2.70. The third-order valence-corrected chi connectivity index (χ3v) is 5.59. The Kier molecular flexibility index (Phi) is 4.12. The molecule has 1 unspecified atom stereocenters. The predicted molar refractivity (Wildman–Crippen MR) is 74.9 cm³/mol. The summed E-state index contributed by atoms with van der Waals surface area (Å²) in [5, 5.41) is 2.05. The minimum absolute atomic E-state index is 0.0955. The van der Waals surface area contributed by atoms with Gasteiger partial charge < -0.3 is 15.6 Å². The molecule has 1 fully saturated rings. The van der Waals surface area contributed by atoms with E-state index in [4.69, 9.17) is 5.73 Å². The van der Waals surface area contributed by atoms with Crippen LogP contribution < -0.4 is 16.6 Å². The van der Waals surface area contributed by atoms with Gasteiger partial charge in [0.1, 0.15) is 6.54 Å². The normalized spacial score (nSPS) is 20.7. The molecular weight excluding hydrogens is 282 g/mol. The Hall–Kier alpha value is -1.83. The average molecular weight is 299 g/mol. The first kappa shape index (κ1) is 14.6. The van der Waals surface area contributed by atoms with Gasteiger partial charge in [-0.2, -0.15) is 0 Å². The summed E-state index contributed by atoms with van der Waals surface area (Å²) < 4.78 is 24.4. The lowest BCUT2D eigenvalue weighted by Gasteiger charge is -2.11. The first-order chi connectivity index (χ1) is 9.38. The van der Waals surface area contributed by atoms with Crippen LogP contribution in [0.3, 0.4) is 0 Å². The molecule has 7 nitrogen and oxygen atoms in total. The zero-order valence-corrected chi connectivity index (χ0v) is 11.7. The molecule has 3 N–H and O–H groups in total. The van der Waals surface area contributed by atoms with E-state index in [-0.39, 0.29) is 24.4 Å². The van der Waals surface area contributed by atoms with Crippen LogP contribution in [0.25, 0.3) is 0 Å². The number of nitrogen functional groups attached to an aromatic ring is 1. The molecule has 0 saturated carbocycles. The predicted octanol–water partition coefficient (Wildman–Crippen LogP) is -0.876. The van der Waals surface area contributed by atoms with Crippen molar-refractivity contribution in [3.63, 3.8) is 0 Å². The number of nitrogens with zero attached hydrogens (tertiary/aromatic N) is 1. The molecule has 0 aromatic carbocycles. The Morgan fingerprint density at radius 1 is 1.45 bits per heavy atom. The van der Waals surface area contributed by atoms with Gasteiger partial charge in [0.15, 0.2) is 9.84 Å². The molecule has 1 amide bonds. The Morgan fingerprint density at radius 3 is 2.85 bits per heavy atom. The molecule has 0 radical (unpaired) electrons. The maximum Gasteiger partial charge on any atom is 0.251 e. The number of hydrogen-bond donors (Lipinski definition) is 2. The first-order valence-corrected chi connectivity index (χ1v) is 8.04. The molecule has 1 aromatic rings. The monoisotopic (exact) mass is 299 g/mol. The highest BCUT2D eigenvalue weighted by molar-refractivity contribution is 7.92. The standard InChI is InChI=1S/C12H17N3O4S/c13-9-3-4-12(17)15(7-9)8-11(16)14-6-10-2-1-5-20(10,18)19/h3-4,7,10H,1-2,5-6,8,13H2,(H,14,16). The van der Waals surface area contributed by atoms with Crippen LogP contribution in [0.1, 0.15) is 12.8 Å². The molecule has 0 bridgehead atoms. The SMILES string of the molecule is Nc1ccc(=O)n(CC(=O)NCC2CCCS2(=O)=O)c1. The number of pyridine rings is 1. The lowest BCUT2D eigenvalue weighted by atomic mass is 10.2. The van der Waals surface area contributed by atoms with Crippen molar-refractivity contribution in [2.45, 2.75) is 24.6 Å². The van der Waals surface area contributed by atoms with E-state index in [2.05, 4.69) is 5.32 Å². The highest BCUT2D eigenvalue weighted by atomic mass is 32.2. The maximum absolute atomic E-state index is 11.7. The summed E-state index contributed by atoms with van der Waals surface area (Å²) in [6.07, 6.45) is 2.59. The van der Waals surface area contributed by atoms with Crippen LogP contribution in [0.5, 0.6) is 0 Å². The Labute approximate surface area is 116 Å². The molecule has 8 heteroatoms. The van der Waals surface area contributed by atoms with Gasteiger partial charge in [-0.25, -0.2) is 8.42 Å². The molecule has 0 aliphatic carbocycles. The van der Waals surface area contributed by atoms with Crippen LogP contribution in [0.2, 0.25) is 0 Å². The second-order valence-corrected chi connectivity index (χ2v) is 7.26. The van der Waals surface area contributed by atoms with Crippen molar-refractivity contribution in [1.29, 1.82) is 0 Å². The van der Waals surface area contributed by atoms with Gasteiger partial charge in [0, 0.05) is 24.5 Å². The molecule has 2 rings (SSSR count). The van der Waals surface area contributed by atoms with Crippen molar-refractivity contribution < 1.29 is 13.2 Å². The van der Waals surface area contributed by atoms with E-state index < -0.39 is 21.0 Å². The van der Waals surface area contributed by atoms with Crippen molar-refractivity contribution in [2.24, 2.45) is 0 Å². The minimum Gasteiger partial charge on any atom is -0.398 e. The summed E-state index contributed by atoms with van der Waals surface area (Å²) in [7, 11) is -3.07. The Balaban J connectivity index is 1.93. The summed E-state index contributed by atoms with van der Waals surface area (Å²) in [6, 6.07) is 2.74. The molecular formula is C12H17N3O4S. The van der Waals surface area contributed by atoms with Gasteiger partial charge in [-0.3, -0.25) is 9.59 Å². The number of rotatable bonds is 4. The zero-order chi connectivity index (χ0) is 14.8. The van der Waals surface area contributed by atoms with E-state index in [0.717, 1.165) is 0 Å². The summed E-state index contributed by atoms with van der Waals surface area (Å²) >= 11 is 0. The van der Waals surface area contributed by atoms with Crippen LogP contribution in [0.15, 0.2) is 23.1 Å². The van der Waals surface area contributed by atoms with Crippen molar-refractivity contribution >= 4 is 21.4 Å². The molecule has 1 saturated heterocycles. The van der Waals surface area contributed by atoms with Gasteiger partial charge in [0.25, 0.3) is 5.56 Å². The second-order valence-electron chi connectivity index (χ2n) is 4.86. The lowest BCUT2D eigenvalue weighted by molar-refractivity contribution is -0.121. The lowest BCUT2D eigenvalue weighted by Crippen LogP contribution is -2.38. The summed E-state index contributed by atoms with van der Waals surface area (Å²) in [5.74, 6) is -0.220. The molecule has 2 heterocycles. The van der Waals surface area contributed by atoms with Gasteiger partial charge in [-0.1, -0.05) is 0 Å². The van der Waals surface area contributed by atoms with E-state index in [1.54, 1.807) is 0 Å². The van der Waals surface area contributed by atoms with Crippen LogP contribution in [-0.4, -0.2) is 36.4 Å². The van der Waals surface area contributed by atoms with E-state index in [1.807, 2.05) is 0 Å². The number of aromatic nitrogens is 1. The summed E-state index contributed by atoms with van der Waals surface area (Å²) in [6.45, 7) is -0.0745. The number of anilines is 1. The topological polar surface area (TPSA) is 111 Å². The largest absolute Gasteiger partial charge is 0.398 e. The van der Waals surface area contributed by atoms with Crippen molar-refractivity contribution in [1.82, 2.24) is 9.88 Å². The highest BCUT2D eigenvalue weighted by Gasteiger charge is 2.31. The van der Waals surface area contributed by atoms with Crippen molar-refractivity contribution in [3.8, 4) is 0 Å². The molecule has 1 atom stereocenters. The molecule has 1 aliphatic heterocycles.